The molecule has 0 N–H and O–H groups in total. The third kappa shape index (κ3) is 2.88. The number of rotatable bonds is 2. The van der Waals surface area contributed by atoms with E-state index in [-0.39, 0.29) is 5.41 Å². The average molecular weight is 338 g/mol. The number of aromatic nitrogens is 1. The molecule has 1 aromatic heterocycles. The van der Waals surface area contributed by atoms with E-state index >= 15 is 0 Å². The van der Waals surface area contributed by atoms with E-state index in [1.54, 1.807) is 12.4 Å². The van der Waals surface area contributed by atoms with Crippen molar-refractivity contribution in [3.05, 3.63) is 24.0 Å². The van der Waals surface area contributed by atoms with Gasteiger partial charge in [-0.25, -0.2) is 0 Å². The summed E-state index contributed by atoms with van der Waals surface area (Å²) in [5.41, 5.74) is 1.44. The highest BCUT2D eigenvalue weighted by molar-refractivity contribution is 5.85. The van der Waals surface area contributed by atoms with E-state index in [0.29, 0.717) is 17.5 Å². The second kappa shape index (κ2) is 6.67. The molecule has 25 heavy (non-hydrogen) atoms. The third-order valence-corrected chi connectivity index (χ3v) is 6.54. The fourth-order valence-electron chi connectivity index (χ4n) is 4.98. The van der Waals surface area contributed by atoms with Crippen LogP contribution in [0.25, 0.3) is 0 Å². The van der Waals surface area contributed by atoms with Gasteiger partial charge in [0.25, 0.3) is 0 Å². The first kappa shape index (κ1) is 16.4. The molecule has 1 aromatic rings. The van der Waals surface area contributed by atoms with Gasteiger partial charge in [-0.3, -0.25) is 9.78 Å². The Bertz CT molecular complexity index is 681. The predicted octanol–water partition coefficient (Wildman–Crippen LogP) is 3.10. The summed E-state index contributed by atoms with van der Waals surface area (Å²) in [6.45, 7) is 2.65. The zero-order valence-electron chi connectivity index (χ0n) is 14.8. The molecule has 3 aliphatic rings. The van der Waals surface area contributed by atoms with Gasteiger partial charge in [-0.15, -0.1) is 0 Å². The van der Waals surface area contributed by atoms with Crippen molar-refractivity contribution in [1.82, 2.24) is 9.88 Å². The van der Waals surface area contributed by atoms with Crippen molar-refractivity contribution in [2.75, 3.05) is 24.5 Å². The quantitative estimate of drug-likeness (QED) is 0.831. The molecule has 132 valence electrons. The summed E-state index contributed by atoms with van der Waals surface area (Å²) in [5, 5.41) is 9.30. The maximum Gasteiger partial charge on any atom is 0.229 e. The van der Waals surface area contributed by atoms with E-state index in [4.69, 9.17) is 0 Å². The summed E-state index contributed by atoms with van der Waals surface area (Å²) in [4.78, 5) is 21.7. The number of carbonyl (C=O) groups excluding carboxylic acids is 1. The maximum atomic E-state index is 13.2. The van der Waals surface area contributed by atoms with Gasteiger partial charge in [0.15, 0.2) is 0 Å². The topological polar surface area (TPSA) is 60.2 Å². The smallest absolute Gasteiger partial charge is 0.229 e. The molecular formula is C20H26N4O. The first-order valence-corrected chi connectivity index (χ1v) is 9.64. The first-order valence-electron chi connectivity index (χ1n) is 9.64. The number of likely N-dealkylation sites (tertiary alicyclic amines) is 1. The number of anilines is 1. The summed E-state index contributed by atoms with van der Waals surface area (Å²) in [6, 6.07) is 4.64. The lowest BCUT2D eigenvalue weighted by molar-refractivity contribution is -0.139. The average Bonchev–Trinajstić information content (AvgIpc) is 2.99. The molecule has 0 aromatic carbocycles. The molecule has 0 unspecified atom stereocenters. The SMILES string of the molecule is N#Cc1cnccc1N1CCC2(CC1)CCN(C1CCCCC1)C2=O. The molecule has 1 saturated carbocycles. The molecular weight excluding hydrogens is 312 g/mol. The molecule has 0 radical (unpaired) electrons. The van der Waals surface area contributed by atoms with E-state index in [1.165, 1.54) is 32.1 Å². The van der Waals surface area contributed by atoms with Gasteiger partial charge < -0.3 is 9.80 Å². The Kier molecular flexibility index (Phi) is 4.37. The van der Waals surface area contributed by atoms with Crippen molar-refractivity contribution >= 4 is 11.6 Å². The normalized spacial score (nSPS) is 23.9. The van der Waals surface area contributed by atoms with Crippen LogP contribution in [0.3, 0.4) is 0 Å². The summed E-state index contributed by atoms with van der Waals surface area (Å²) in [6.07, 6.45) is 12.4. The number of hydrogen-bond donors (Lipinski definition) is 0. The van der Waals surface area contributed by atoms with Crippen LogP contribution in [-0.2, 0) is 4.79 Å². The van der Waals surface area contributed by atoms with Gasteiger partial charge in [0.1, 0.15) is 6.07 Å². The summed E-state index contributed by atoms with van der Waals surface area (Å²) >= 11 is 0. The maximum absolute atomic E-state index is 13.2. The van der Waals surface area contributed by atoms with E-state index in [1.807, 2.05) is 6.07 Å². The number of amides is 1. The summed E-state index contributed by atoms with van der Waals surface area (Å²) in [5.74, 6) is 0.411. The zero-order chi connectivity index (χ0) is 17.3. The van der Waals surface area contributed by atoms with Gasteiger partial charge in [-0.2, -0.15) is 5.26 Å². The number of nitriles is 1. The zero-order valence-corrected chi connectivity index (χ0v) is 14.8. The monoisotopic (exact) mass is 338 g/mol. The van der Waals surface area contributed by atoms with Crippen molar-refractivity contribution in [3.63, 3.8) is 0 Å². The lowest BCUT2D eigenvalue weighted by Crippen LogP contribution is -2.47. The van der Waals surface area contributed by atoms with Crippen molar-refractivity contribution in [2.45, 2.75) is 57.4 Å². The predicted molar refractivity (Wildman–Crippen MR) is 96.0 cm³/mol. The molecule has 0 atom stereocenters. The molecule has 0 bridgehead atoms. The first-order chi connectivity index (χ1) is 12.2. The Balaban J connectivity index is 1.44. The van der Waals surface area contributed by atoms with Crippen LogP contribution in [0.1, 0.15) is 56.9 Å². The highest BCUT2D eigenvalue weighted by Crippen LogP contribution is 2.44. The molecule has 4 rings (SSSR count). The lowest BCUT2D eigenvalue weighted by Gasteiger charge is -2.40. The van der Waals surface area contributed by atoms with Crippen LogP contribution in [0, 0.1) is 16.7 Å². The largest absolute Gasteiger partial charge is 0.370 e. The molecule has 2 saturated heterocycles. The van der Waals surface area contributed by atoms with Gasteiger partial charge in [0.2, 0.25) is 5.91 Å². The van der Waals surface area contributed by atoms with E-state index in [0.717, 1.165) is 44.6 Å². The minimum atomic E-state index is -0.145. The van der Waals surface area contributed by atoms with Crippen molar-refractivity contribution in [2.24, 2.45) is 5.41 Å². The van der Waals surface area contributed by atoms with Crippen LogP contribution in [-0.4, -0.2) is 41.5 Å². The third-order valence-electron chi connectivity index (χ3n) is 6.54. The van der Waals surface area contributed by atoms with Crippen molar-refractivity contribution in [3.8, 4) is 6.07 Å². The fourth-order valence-corrected chi connectivity index (χ4v) is 4.98. The van der Waals surface area contributed by atoms with Crippen molar-refractivity contribution < 1.29 is 4.79 Å². The second-order valence-corrected chi connectivity index (χ2v) is 7.81. The van der Waals surface area contributed by atoms with E-state index < -0.39 is 0 Å². The van der Waals surface area contributed by atoms with Gasteiger partial charge in [-0.1, -0.05) is 19.3 Å². The van der Waals surface area contributed by atoms with Gasteiger partial charge in [-0.05, 0) is 38.2 Å². The Morgan fingerprint density at radius 2 is 1.84 bits per heavy atom. The molecule has 1 spiro atoms. The van der Waals surface area contributed by atoms with Crippen LogP contribution in [0.5, 0.6) is 0 Å². The number of nitrogens with zero attached hydrogens (tertiary/aromatic N) is 4. The van der Waals surface area contributed by atoms with Gasteiger partial charge >= 0.3 is 0 Å². The van der Waals surface area contributed by atoms with Gasteiger partial charge in [0, 0.05) is 38.1 Å². The summed E-state index contributed by atoms with van der Waals surface area (Å²) in [7, 11) is 0. The summed E-state index contributed by atoms with van der Waals surface area (Å²) < 4.78 is 0. The minimum absolute atomic E-state index is 0.145. The highest BCUT2D eigenvalue weighted by Gasteiger charge is 2.49. The minimum Gasteiger partial charge on any atom is -0.370 e. The Morgan fingerprint density at radius 3 is 2.56 bits per heavy atom. The molecule has 3 heterocycles. The molecule has 5 nitrogen and oxygen atoms in total. The Hall–Kier alpha value is -2.09. The number of carbonyl (C=O) groups is 1. The highest BCUT2D eigenvalue weighted by atomic mass is 16.2. The molecule has 5 heteroatoms. The van der Waals surface area contributed by atoms with Crippen LogP contribution in [0.2, 0.25) is 0 Å². The lowest BCUT2D eigenvalue weighted by atomic mass is 9.76. The Morgan fingerprint density at radius 1 is 1.12 bits per heavy atom. The second-order valence-electron chi connectivity index (χ2n) is 7.81. The molecule has 3 fully saturated rings. The van der Waals surface area contributed by atoms with Gasteiger partial charge in [0.05, 0.1) is 16.7 Å². The molecule has 2 aliphatic heterocycles. The van der Waals surface area contributed by atoms with Crippen molar-refractivity contribution in [1.29, 1.82) is 5.26 Å². The number of pyridine rings is 1. The molecule has 1 amide bonds. The van der Waals surface area contributed by atoms with E-state index in [9.17, 15) is 10.1 Å². The fraction of sp³-hybridized carbons (Fsp3) is 0.650. The Labute approximate surface area is 149 Å². The standard InChI is InChI=1S/C20H26N4O/c21-14-16-15-22-10-6-18(16)23-11-7-20(8-12-23)9-13-24(19(20)25)17-4-2-1-3-5-17/h6,10,15,17H,1-5,7-9,11-13H2. The molecule has 1 aliphatic carbocycles. The van der Waals surface area contributed by atoms with Crippen LogP contribution >= 0.6 is 0 Å². The number of piperidine rings is 1. The van der Waals surface area contributed by atoms with Crippen LogP contribution < -0.4 is 4.90 Å². The van der Waals surface area contributed by atoms with Crippen LogP contribution in [0.15, 0.2) is 18.5 Å². The number of hydrogen-bond acceptors (Lipinski definition) is 4. The van der Waals surface area contributed by atoms with E-state index in [2.05, 4.69) is 20.9 Å². The van der Waals surface area contributed by atoms with Crippen LogP contribution in [0.4, 0.5) is 5.69 Å².